The first kappa shape index (κ1) is 48.8. The fourth-order valence-corrected chi connectivity index (χ4v) is 10.2. The highest BCUT2D eigenvalue weighted by Crippen LogP contribution is 2.32. The fourth-order valence-electron chi connectivity index (χ4n) is 10.2. The van der Waals surface area contributed by atoms with Gasteiger partial charge in [0.05, 0.1) is 24.7 Å². The van der Waals surface area contributed by atoms with E-state index < -0.39 is 30.2 Å². The Bertz CT molecular complexity index is 2130. The van der Waals surface area contributed by atoms with E-state index in [9.17, 15) is 24.0 Å². The van der Waals surface area contributed by atoms with Crippen LogP contribution < -0.4 is 32.1 Å². The zero-order valence-electron chi connectivity index (χ0n) is 39.4. The van der Waals surface area contributed by atoms with Crippen LogP contribution in [0.4, 0.5) is 0 Å². The molecular formula is C52H72N8O6. The van der Waals surface area contributed by atoms with Crippen LogP contribution in [0.25, 0.3) is 0 Å². The number of nitrogens with one attached hydrogen (secondary N) is 6. The molecule has 0 unspecified atom stereocenters. The maximum absolute atomic E-state index is 14.4. The molecule has 0 radical (unpaired) electrons. The van der Waals surface area contributed by atoms with Crippen LogP contribution in [0.5, 0.6) is 0 Å². The Morgan fingerprint density at radius 2 is 1.18 bits per heavy atom. The van der Waals surface area contributed by atoms with Gasteiger partial charge in [0, 0.05) is 19.1 Å². The summed E-state index contributed by atoms with van der Waals surface area (Å²) in [6.07, 6.45) is 10.5. The third-order valence-electron chi connectivity index (χ3n) is 14.3. The van der Waals surface area contributed by atoms with E-state index in [0.29, 0.717) is 58.2 Å². The normalized spacial score (nSPS) is 22.1. The van der Waals surface area contributed by atoms with Crippen molar-refractivity contribution < 1.29 is 28.8 Å². The van der Waals surface area contributed by atoms with Crippen molar-refractivity contribution in [3.63, 3.8) is 0 Å². The minimum Gasteiger partial charge on any atom is -0.347 e. The van der Waals surface area contributed by atoms with Crippen molar-refractivity contribution in [2.24, 2.45) is 0 Å². The lowest BCUT2D eigenvalue weighted by atomic mass is 9.87. The molecule has 2 heterocycles. The second kappa shape index (κ2) is 23.5. The van der Waals surface area contributed by atoms with E-state index in [0.717, 1.165) is 68.1 Å². The largest absolute Gasteiger partial charge is 0.347 e. The van der Waals surface area contributed by atoms with E-state index in [4.69, 9.17) is 4.84 Å². The number of nitrogens with zero attached hydrogens (tertiary/aromatic N) is 2. The first-order valence-electron chi connectivity index (χ1n) is 24.5. The van der Waals surface area contributed by atoms with Crippen molar-refractivity contribution in [3.8, 4) is 0 Å². The Morgan fingerprint density at radius 3 is 1.73 bits per heavy atom. The molecule has 3 aromatic carbocycles. The minimum atomic E-state index is -0.783. The Labute approximate surface area is 391 Å². The molecule has 0 bridgehead atoms. The van der Waals surface area contributed by atoms with Gasteiger partial charge in [0.1, 0.15) is 24.2 Å². The zero-order valence-corrected chi connectivity index (χ0v) is 39.4. The van der Waals surface area contributed by atoms with Crippen molar-refractivity contribution in [1.29, 1.82) is 0 Å². The summed E-state index contributed by atoms with van der Waals surface area (Å²) >= 11 is 0. The van der Waals surface area contributed by atoms with Gasteiger partial charge in [0.2, 0.25) is 29.5 Å². The molecule has 356 valence electrons. The van der Waals surface area contributed by atoms with Crippen LogP contribution in [0.2, 0.25) is 0 Å². The molecule has 0 aromatic heterocycles. The van der Waals surface area contributed by atoms with Crippen LogP contribution >= 0.6 is 0 Å². The molecule has 8 atom stereocenters. The number of aryl methyl sites for hydroxylation is 3. The van der Waals surface area contributed by atoms with Crippen LogP contribution in [0, 0.1) is 0 Å². The summed E-state index contributed by atoms with van der Waals surface area (Å²) in [4.78, 5) is 78.8. The number of carbonyl (C=O) groups excluding carboxylic acids is 5. The van der Waals surface area contributed by atoms with Crippen molar-refractivity contribution in [2.45, 2.75) is 152 Å². The number of hydrogen-bond acceptors (Lipinski definition) is 9. The van der Waals surface area contributed by atoms with Gasteiger partial charge in [0.25, 0.3) is 0 Å². The molecular weight excluding hydrogens is 833 g/mol. The highest BCUT2D eigenvalue weighted by atomic mass is 16.6. The number of likely N-dealkylation sites (tertiary alicyclic amines) is 2. The first-order chi connectivity index (χ1) is 32.0. The number of fused-ring (bicyclic) bond motifs is 2. The molecule has 7 rings (SSSR count). The van der Waals surface area contributed by atoms with Gasteiger partial charge < -0.3 is 36.4 Å². The van der Waals surface area contributed by atoms with Crippen LogP contribution in [-0.2, 0) is 54.5 Å². The van der Waals surface area contributed by atoms with Crippen molar-refractivity contribution in [3.05, 3.63) is 106 Å². The summed E-state index contributed by atoms with van der Waals surface area (Å²) < 4.78 is 0. The Morgan fingerprint density at radius 1 is 0.652 bits per heavy atom. The van der Waals surface area contributed by atoms with Gasteiger partial charge in [-0.2, -0.15) is 5.48 Å². The van der Waals surface area contributed by atoms with Gasteiger partial charge >= 0.3 is 0 Å². The van der Waals surface area contributed by atoms with E-state index in [2.05, 4.69) is 56.3 Å². The molecule has 0 spiro atoms. The van der Waals surface area contributed by atoms with Gasteiger partial charge in [-0.05, 0) is 151 Å². The maximum Gasteiger partial charge on any atom is 0.245 e. The molecule has 2 saturated heterocycles. The molecule has 66 heavy (non-hydrogen) atoms. The molecule has 2 aliphatic carbocycles. The number of likely N-dealkylation sites (N-methyl/N-ethyl adjacent to an activating group) is 2. The van der Waals surface area contributed by atoms with Crippen LogP contribution in [0.15, 0.2) is 72.8 Å². The van der Waals surface area contributed by atoms with Gasteiger partial charge in [-0.25, -0.2) is 0 Å². The highest BCUT2D eigenvalue weighted by molar-refractivity contribution is 5.94. The summed E-state index contributed by atoms with van der Waals surface area (Å²) in [6.45, 7) is 5.07. The monoisotopic (exact) mass is 905 g/mol. The van der Waals surface area contributed by atoms with Crippen LogP contribution in [-0.4, -0.2) is 109 Å². The van der Waals surface area contributed by atoms with Gasteiger partial charge in [0.15, 0.2) is 0 Å². The van der Waals surface area contributed by atoms with Crippen molar-refractivity contribution >= 4 is 29.5 Å². The predicted octanol–water partition coefficient (Wildman–Crippen LogP) is 4.51. The SMILES string of the molecule is CN[C@@H](C)C(=O)N[C@@H](CCCc1ccc(C[C@H](NOC[C@H](C)NC)C(=O)N2CCC[C@H]2C(=O)N[C@@H]2CCCc3ccccc32)cc1)C(=O)N1CCC[C@H]1C(=O)N[C@@H]1CCCc2ccccc21. The Balaban J connectivity index is 0.971. The lowest BCUT2D eigenvalue weighted by Gasteiger charge is -2.32. The van der Waals surface area contributed by atoms with Gasteiger partial charge in [-0.15, -0.1) is 0 Å². The smallest absolute Gasteiger partial charge is 0.245 e. The maximum atomic E-state index is 14.4. The lowest BCUT2D eigenvalue weighted by molar-refractivity contribution is -0.143. The molecule has 4 aliphatic rings. The second-order valence-corrected chi connectivity index (χ2v) is 18.8. The summed E-state index contributed by atoms with van der Waals surface area (Å²) in [6, 6.07) is 21.4. The van der Waals surface area contributed by atoms with Crippen LogP contribution in [0.3, 0.4) is 0 Å². The molecule has 0 saturated carbocycles. The Hall–Kier alpha value is -5.15. The van der Waals surface area contributed by atoms with Crippen molar-refractivity contribution in [1.82, 2.24) is 41.9 Å². The number of carbonyl (C=O) groups is 5. The topological polar surface area (TPSA) is 173 Å². The molecule has 2 fully saturated rings. The first-order valence-corrected chi connectivity index (χ1v) is 24.5. The van der Waals surface area contributed by atoms with E-state index >= 15 is 0 Å². The van der Waals surface area contributed by atoms with Crippen molar-refractivity contribution in [2.75, 3.05) is 33.8 Å². The lowest BCUT2D eigenvalue weighted by Crippen LogP contribution is -2.55. The number of benzene rings is 3. The predicted molar refractivity (Wildman–Crippen MR) is 255 cm³/mol. The van der Waals surface area contributed by atoms with Gasteiger partial charge in [-0.3, -0.25) is 28.8 Å². The number of amides is 5. The summed E-state index contributed by atoms with van der Waals surface area (Å²) in [5.41, 5.74) is 9.90. The average Bonchev–Trinajstić information content (AvgIpc) is 4.05. The minimum absolute atomic E-state index is 0.0624. The molecule has 14 heteroatoms. The van der Waals surface area contributed by atoms with E-state index in [-0.39, 0.29) is 47.7 Å². The second-order valence-electron chi connectivity index (χ2n) is 18.8. The van der Waals surface area contributed by atoms with E-state index in [1.165, 1.54) is 16.7 Å². The summed E-state index contributed by atoms with van der Waals surface area (Å²) in [5, 5.41) is 15.7. The standard InChI is InChI=1S/C52H72N8O6/c1-34(53-3)33-66-58-45(52(65)60-31-13-25-47(60)50(63)56-43-22-11-18-39-16-6-8-20-41(39)43)32-37-28-26-36(27-29-37)14-9-23-44(57-48(61)35(2)54-4)51(64)59-30-12-24-46(59)49(62)55-42-21-10-17-38-15-5-7-19-40(38)42/h5-8,15-16,19-20,26-29,34-35,42-47,53-54,58H,9-14,17-18,21-25,30-33H2,1-4H3,(H,55,62)(H,56,63)(H,57,61)/t34-,35-,42+,43+,44-,45-,46-,47-/m0/s1. The molecule has 5 amide bonds. The average molecular weight is 905 g/mol. The summed E-state index contributed by atoms with van der Waals surface area (Å²) in [5.74, 6) is -0.906. The molecule has 6 N–H and O–H groups in total. The number of hydrogen-bond donors (Lipinski definition) is 6. The molecule has 3 aromatic rings. The number of rotatable bonds is 20. The molecule has 2 aliphatic heterocycles. The van der Waals surface area contributed by atoms with E-state index in [1.807, 2.05) is 62.5 Å². The fraction of sp³-hybridized carbons (Fsp3) is 0.558. The van der Waals surface area contributed by atoms with Crippen LogP contribution in [0.1, 0.15) is 124 Å². The molecule has 14 nitrogen and oxygen atoms in total. The quantitative estimate of drug-likeness (QED) is 0.0893. The summed E-state index contributed by atoms with van der Waals surface area (Å²) in [7, 11) is 3.57. The van der Waals surface area contributed by atoms with E-state index in [1.54, 1.807) is 23.8 Å². The third-order valence-corrected chi connectivity index (χ3v) is 14.3. The number of hydroxylamine groups is 1. The Kier molecular flexibility index (Phi) is 17.4. The highest BCUT2D eigenvalue weighted by Gasteiger charge is 2.40. The third kappa shape index (κ3) is 12.2. The zero-order chi connectivity index (χ0) is 46.6. The van der Waals surface area contributed by atoms with Gasteiger partial charge in [-0.1, -0.05) is 72.8 Å².